The molecule has 1 saturated heterocycles. The molecule has 0 spiro atoms. The third-order valence-corrected chi connectivity index (χ3v) is 4.72. The zero-order valence-electron chi connectivity index (χ0n) is 11.6. The molecule has 2 fully saturated rings. The van der Waals surface area contributed by atoms with Gasteiger partial charge in [-0.3, -0.25) is 4.79 Å². The maximum Gasteiger partial charge on any atom is 0.283 e. The molecule has 2 aliphatic rings. The third-order valence-electron chi connectivity index (χ3n) is 3.96. The van der Waals surface area contributed by atoms with E-state index >= 15 is 0 Å². The van der Waals surface area contributed by atoms with Crippen LogP contribution in [0.25, 0.3) is 0 Å². The van der Waals surface area contributed by atoms with Crippen molar-refractivity contribution in [1.29, 1.82) is 0 Å². The molecule has 6 heteroatoms. The van der Waals surface area contributed by atoms with Gasteiger partial charge in [0.05, 0.1) is 18.0 Å². The van der Waals surface area contributed by atoms with Crippen LogP contribution in [0.1, 0.15) is 32.6 Å². The van der Waals surface area contributed by atoms with E-state index in [4.69, 9.17) is 4.74 Å². The Morgan fingerprint density at radius 1 is 1.50 bits per heavy atom. The van der Waals surface area contributed by atoms with Crippen molar-refractivity contribution < 1.29 is 4.74 Å². The molecule has 1 aliphatic carbocycles. The molecule has 2 atom stereocenters. The molecule has 0 bridgehead atoms. The summed E-state index contributed by atoms with van der Waals surface area (Å²) in [4.78, 5) is 12.2. The number of nitrogens with zero attached hydrogens (tertiary/aromatic N) is 2. The van der Waals surface area contributed by atoms with Gasteiger partial charge in [-0.05, 0) is 54.5 Å². The van der Waals surface area contributed by atoms with E-state index in [9.17, 15) is 4.79 Å². The fraction of sp³-hybridized carbons (Fsp3) is 0.714. The first-order valence-electron chi connectivity index (χ1n) is 7.27. The monoisotopic (exact) mass is 341 g/mol. The smallest absolute Gasteiger partial charge is 0.283 e. The minimum atomic E-state index is -0.0398. The maximum absolute atomic E-state index is 12.2. The number of aromatic nitrogens is 2. The van der Waals surface area contributed by atoms with Crippen molar-refractivity contribution in [3.8, 4) is 0 Å². The van der Waals surface area contributed by atoms with Crippen LogP contribution >= 0.6 is 15.9 Å². The Balaban J connectivity index is 1.72. The first-order chi connectivity index (χ1) is 9.63. The van der Waals surface area contributed by atoms with Crippen molar-refractivity contribution in [2.45, 2.75) is 51.3 Å². The van der Waals surface area contributed by atoms with E-state index in [1.807, 2.05) is 0 Å². The molecule has 3 rings (SSSR count). The number of halogens is 1. The molecule has 2 unspecified atom stereocenters. The predicted molar refractivity (Wildman–Crippen MR) is 81.0 cm³/mol. The van der Waals surface area contributed by atoms with Gasteiger partial charge in [0.15, 0.2) is 0 Å². The maximum atomic E-state index is 12.2. The zero-order valence-corrected chi connectivity index (χ0v) is 13.2. The lowest BCUT2D eigenvalue weighted by Crippen LogP contribution is -2.34. The first kappa shape index (κ1) is 14.1. The van der Waals surface area contributed by atoms with E-state index in [1.54, 1.807) is 10.9 Å². The minimum absolute atomic E-state index is 0.0398. The summed E-state index contributed by atoms with van der Waals surface area (Å²) >= 11 is 3.42. The summed E-state index contributed by atoms with van der Waals surface area (Å²) in [5, 5.41) is 7.70. The molecule has 1 N–H and O–H groups in total. The topological polar surface area (TPSA) is 56.2 Å². The SMILES string of the molecule is CC1CC(Nc2cnn(CC3CC3)c(=O)c2Br)CCO1. The number of ether oxygens (including phenoxy) is 1. The average molecular weight is 342 g/mol. The summed E-state index contributed by atoms with van der Waals surface area (Å²) < 4.78 is 7.70. The van der Waals surface area contributed by atoms with Crippen molar-refractivity contribution in [3.63, 3.8) is 0 Å². The van der Waals surface area contributed by atoms with Gasteiger partial charge in [-0.25, -0.2) is 4.68 Å². The first-order valence-corrected chi connectivity index (χ1v) is 8.06. The fourth-order valence-electron chi connectivity index (χ4n) is 2.59. The predicted octanol–water partition coefficient (Wildman–Crippen LogP) is 2.40. The second-order valence-corrected chi connectivity index (χ2v) is 6.64. The molecule has 1 aliphatic heterocycles. The summed E-state index contributed by atoms with van der Waals surface area (Å²) in [6.07, 6.45) is 6.37. The van der Waals surface area contributed by atoms with E-state index in [2.05, 4.69) is 33.3 Å². The Labute approximate surface area is 126 Å². The summed E-state index contributed by atoms with van der Waals surface area (Å²) in [6.45, 7) is 3.59. The van der Waals surface area contributed by atoms with E-state index in [0.29, 0.717) is 16.4 Å². The van der Waals surface area contributed by atoms with Gasteiger partial charge in [0, 0.05) is 19.2 Å². The van der Waals surface area contributed by atoms with Gasteiger partial charge in [0.1, 0.15) is 4.47 Å². The quantitative estimate of drug-likeness (QED) is 0.913. The zero-order chi connectivity index (χ0) is 14.1. The Morgan fingerprint density at radius 3 is 3.00 bits per heavy atom. The van der Waals surface area contributed by atoms with Gasteiger partial charge in [0.2, 0.25) is 0 Å². The molecule has 0 amide bonds. The summed E-state index contributed by atoms with van der Waals surface area (Å²) in [6, 6.07) is 0.343. The molecule has 5 nitrogen and oxygen atoms in total. The van der Waals surface area contributed by atoms with Crippen LogP contribution in [0, 0.1) is 5.92 Å². The second kappa shape index (κ2) is 5.85. The number of hydrogen-bond acceptors (Lipinski definition) is 4. The number of rotatable bonds is 4. The highest BCUT2D eigenvalue weighted by Gasteiger charge is 2.24. The van der Waals surface area contributed by atoms with Crippen LogP contribution in [0.4, 0.5) is 5.69 Å². The van der Waals surface area contributed by atoms with Crippen LogP contribution in [0.15, 0.2) is 15.5 Å². The lowest BCUT2D eigenvalue weighted by atomic mass is 10.0. The Bertz CT molecular complexity index is 542. The molecule has 1 saturated carbocycles. The highest BCUT2D eigenvalue weighted by molar-refractivity contribution is 9.10. The lowest BCUT2D eigenvalue weighted by molar-refractivity contribution is 0.0232. The van der Waals surface area contributed by atoms with Gasteiger partial charge < -0.3 is 10.1 Å². The molecule has 20 heavy (non-hydrogen) atoms. The summed E-state index contributed by atoms with van der Waals surface area (Å²) in [7, 11) is 0. The average Bonchev–Trinajstić information content (AvgIpc) is 3.23. The van der Waals surface area contributed by atoms with Gasteiger partial charge >= 0.3 is 0 Å². The van der Waals surface area contributed by atoms with E-state index in [0.717, 1.165) is 31.7 Å². The molecule has 2 heterocycles. The molecule has 0 aromatic carbocycles. The molecular formula is C14H20BrN3O2. The molecular weight excluding hydrogens is 322 g/mol. The highest BCUT2D eigenvalue weighted by atomic mass is 79.9. The molecule has 0 radical (unpaired) electrons. The molecule has 1 aromatic heterocycles. The Kier molecular flexibility index (Phi) is 4.12. The molecule has 110 valence electrons. The van der Waals surface area contributed by atoms with Crippen molar-refractivity contribution in [2.24, 2.45) is 5.92 Å². The Hall–Kier alpha value is -0.880. The normalized spacial score (nSPS) is 26.5. The largest absolute Gasteiger partial charge is 0.380 e. The molecule has 1 aromatic rings. The van der Waals surface area contributed by atoms with E-state index < -0.39 is 0 Å². The van der Waals surface area contributed by atoms with Gasteiger partial charge in [-0.15, -0.1) is 0 Å². The van der Waals surface area contributed by atoms with E-state index in [-0.39, 0.29) is 11.7 Å². The highest BCUT2D eigenvalue weighted by Crippen LogP contribution is 2.30. The summed E-state index contributed by atoms with van der Waals surface area (Å²) in [5.41, 5.74) is 0.753. The number of hydrogen-bond donors (Lipinski definition) is 1. The lowest BCUT2D eigenvalue weighted by Gasteiger charge is -2.28. The summed E-state index contributed by atoms with van der Waals surface area (Å²) in [5.74, 6) is 0.641. The van der Waals surface area contributed by atoms with Crippen LogP contribution in [-0.2, 0) is 11.3 Å². The van der Waals surface area contributed by atoms with Gasteiger partial charge in [-0.1, -0.05) is 0 Å². The Morgan fingerprint density at radius 2 is 2.30 bits per heavy atom. The van der Waals surface area contributed by atoms with E-state index in [1.165, 1.54) is 12.8 Å². The van der Waals surface area contributed by atoms with Crippen LogP contribution in [-0.4, -0.2) is 28.5 Å². The fourth-order valence-corrected chi connectivity index (χ4v) is 3.01. The van der Waals surface area contributed by atoms with Crippen LogP contribution in [0.2, 0.25) is 0 Å². The van der Waals surface area contributed by atoms with Gasteiger partial charge in [-0.2, -0.15) is 5.10 Å². The van der Waals surface area contributed by atoms with Crippen molar-refractivity contribution in [2.75, 3.05) is 11.9 Å². The number of anilines is 1. The van der Waals surface area contributed by atoms with Crippen LogP contribution in [0.3, 0.4) is 0 Å². The standard InChI is InChI=1S/C14H20BrN3O2/c1-9-6-11(4-5-20-9)17-12-7-16-18(8-10-2-3-10)14(19)13(12)15/h7,9-11,17H,2-6,8H2,1H3. The minimum Gasteiger partial charge on any atom is -0.380 e. The van der Waals surface area contributed by atoms with Crippen LogP contribution < -0.4 is 10.9 Å². The van der Waals surface area contributed by atoms with Crippen LogP contribution in [0.5, 0.6) is 0 Å². The number of nitrogens with one attached hydrogen (secondary N) is 1. The third kappa shape index (κ3) is 3.23. The van der Waals surface area contributed by atoms with Crippen molar-refractivity contribution >= 4 is 21.6 Å². The van der Waals surface area contributed by atoms with Gasteiger partial charge in [0.25, 0.3) is 5.56 Å². The second-order valence-electron chi connectivity index (χ2n) is 5.85. The van der Waals surface area contributed by atoms with Crippen molar-refractivity contribution in [1.82, 2.24) is 9.78 Å². The van der Waals surface area contributed by atoms with Crippen molar-refractivity contribution in [3.05, 3.63) is 21.0 Å².